The molecule has 0 N–H and O–H groups in total. The molecule has 0 saturated carbocycles. The first kappa shape index (κ1) is 13.3. The van der Waals surface area contributed by atoms with E-state index in [1.54, 1.807) is 7.11 Å². The first-order chi connectivity index (χ1) is 8.31. The molecule has 1 heteroatoms. The average molecular weight is 228 g/mol. The topological polar surface area (TPSA) is 9.23 Å². The molecule has 0 aliphatic carbocycles. The first-order valence-corrected chi connectivity index (χ1v) is 6.01. The van der Waals surface area contributed by atoms with E-state index < -0.39 is 0 Å². The highest BCUT2D eigenvalue weighted by atomic mass is 16.5. The van der Waals surface area contributed by atoms with Gasteiger partial charge in [0.05, 0.1) is 7.11 Å². The molecular formula is C16H20O. The van der Waals surface area contributed by atoms with Crippen molar-refractivity contribution < 1.29 is 4.74 Å². The molecule has 17 heavy (non-hydrogen) atoms. The van der Waals surface area contributed by atoms with Crippen LogP contribution in [0.4, 0.5) is 0 Å². The third-order valence-corrected chi connectivity index (χ3v) is 2.50. The monoisotopic (exact) mass is 228 g/mol. The molecule has 0 aromatic heterocycles. The molecule has 0 unspecified atom stereocenters. The van der Waals surface area contributed by atoms with Gasteiger partial charge < -0.3 is 4.74 Å². The van der Waals surface area contributed by atoms with Crippen molar-refractivity contribution in [3.05, 3.63) is 54.1 Å². The number of ether oxygens (including phenoxy) is 1. The second-order valence-corrected chi connectivity index (χ2v) is 3.55. The Morgan fingerprint density at radius 2 is 1.47 bits per heavy atom. The fraction of sp³-hybridized carbons (Fsp3) is 0.250. The summed E-state index contributed by atoms with van der Waals surface area (Å²) < 4.78 is 5.24. The number of rotatable bonds is 2. The van der Waals surface area contributed by atoms with E-state index in [0.717, 1.165) is 5.75 Å². The number of benzene rings is 2. The van der Waals surface area contributed by atoms with Gasteiger partial charge in [-0.25, -0.2) is 0 Å². The van der Waals surface area contributed by atoms with Crippen molar-refractivity contribution in [2.24, 2.45) is 0 Å². The van der Waals surface area contributed by atoms with Crippen LogP contribution in [0.25, 0.3) is 11.1 Å². The van der Waals surface area contributed by atoms with Crippen LogP contribution in [-0.4, -0.2) is 7.11 Å². The minimum absolute atomic E-state index is 0.940. The molecule has 0 heterocycles. The van der Waals surface area contributed by atoms with Crippen LogP contribution in [0, 0.1) is 6.92 Å². The number of aryl methyl sites for hydroxylation is 1. The lowest BCUT2D eigenvalue weighted by Gasteiger charge is -2.07. The highest BCUT2D eigenvalue weighted by molar-refractivity contribution is 5.65. The third kappa shape index (κ3) is 3.35. The Balaban J connectivity index is 0.000000686. The largest absolute Gasteiger partial charge is 0.496 e. The minimum atomic E-state index is 0.940. The van der Waals surface area contributed by atoms with Crippen LogP contribution in [0.2, 0.25) is 0 Å². The molecule has 0 radical (unpaired) electrons. The molecule has 0 aliphatic rings. The molecule has 0 fully saturated rings. The third-order valence-electron chi connectivity index (χ3n) is 2.50. The maximum Gasteiger partial charge on any atom is 0.121 e. The van der Waals surface area contributed by atoms with Gasteiger partial charge >= 0.3 is 0 Å². The van der Waals surface area contributed by atoms with Gasteiger partial charge in [0.25, 0.3) is 0 Å². The predicted octanol–water partition coefficient (Wildman–Crippen LogP) is 4.70. The second-order valence-electron chi connectivity index (χ2n) is 3.55. The summed E-state index contributed by atoms with van der Waals surface area (Å²) in [6, 6.07) is 16.6. The van der Waals surface area contributed by atoms with Crippen LogP contribution < -0.4 is 4.74 Å². The SMILES string of the molecule is CC.COc1ccc(-c2ccccc2)cc1C. The Morgan fingerprint density at radius 1 is 0.824 bits per heavy atom. The second kappa shape index (κ2) is 6.74. The predicted molar refractivity (Wildman–Crippen MR) is 74.5 cm³/mol. The zero-order valence-electron chi connectivity index (χ0n) is 11.0. The summed E-state index contributed by atoms with van der Waals surface area (Å²) in [7, 11) is 1.70. The van der Waals surface area contributed by atoms with Gasteiger partial charge in [-0.15, -0.1) is 0 Å². The molecule has 90 valence electrons. The van der Waals surface area contributed by atoms with E-state index in [1.165, 1.54) is 16.7 Å². The highest BCUT2D eigenvalue weighted by Gasteiger charge is 2.01. The van der Waals surface area contributed by atoms with Crippen molar-refractivity contribution in [2.45, 2.75) is 20.8 Å². The summed E-state index contributed by atoms with van der Waals surface area (Å²) in [6.07, 6.45) is 0. The van der Waals surface area contributed by atoms with Crippen LogP contribution >= 0.6 is 0 Å². The smallest absolute Gasteiger partial charge is 0.121 e. The van der Waals surface area contributed by atoms with Crippen LogP contribution in [-0.2, 0) is 0 Å². The Kier molecular flexibility index (Phi) is 5.28. The summed E-state index contributed by atoms with van der Waals surface area (Å²) in [5, 5.41) is 0. The molecule has 0 spiro atoms. The molecule has 1 nitrogen and oxygen atoms in total. The molecule has 0 amide bonds. The maximum atomic E-state index is 5.24. The lowest BCUT2D eigenvalue weighted by Crippen LogP contribution is -1.87. The Labute approximate surface area is 104 Å². The molecule has 2 rings (SSSR count). The van der Waals surface area contributed by atoms with Gasteiger partial charge in [0.15, 0.2) is 0 Å². The fourth-order valence-corrected chi connectivity index (χ4v) is 1.69. The van der Waals surface area contributed by atoms with Crippen molar-refractivity contribution in [1.29, 1.82) is 0 Å². The summed E-state index contributed by atoms with van der Waals surface area (Å²) >= 11 is 0. The van der Waals surface area contributed by atoms with Gasteiger partial charge in [0.2, 0.25) is 0 Å². The molecule has 2 aromatic carbocycles. The lowest BCUT2D eigenvalue weighted by molar-refractivity contribution is 0.412. The van der Waals surface area contributed by atoms with E-state index in [-0.39, 0.29) is 0 Å². The van der Waals surface area contributed by atoms with E-state index in [2.05, 4.69) is 43.3 Å². The van der Waals surface area contributed by atoms with E-state index in [1.807, 2.05) is 26.0 Å². The van der Waals surface area contributed by atoms with Gasteiger partial charge in [0.1, 0.15) is 5.75 Å². The normalized spacial score (nSPS) is 9.18. The van der Waals surface area contributed by atoms with E-state index >= 15 is 0 Å². The zero-order valence-corrected chi connectivity index (χ0v) is 11.0. The van der Waals surface area contributed by atoms with Crippen molar-refractivity contribution >= 4 is 0 Å². The number of hydrogen-bond donors (Lipinski definition) is 0. The fourth-order valence-electron chi connectivity index (χ4n) is 1.69. The van der Waals surface area contributed by atoms with E-state index in [4.69, 9.17) is 4.74 Å². The Morgan fingerprint density at radius 3 is 2.00 bits per heavy atom. The van der Waals surface area contributed by atoms with Gasteiger partial charge in [-0.3, -0.25) is 0 Å². The van der Waals surface area contributed by atoms with Gasteiger partial charge in [0, 0.05) is 0 Å². The molecular weight excluding hydrogens is 208 g/mol. The molecule has 0 aliphatic heterocycles. The average Bonchev–Trinajstić information content (AvgIpc) is 2.42. The van der Waals surface area contributed by atoms with Gasteiger partial charge in [-0.2, -0.15) is 0 Å². The number of methoxy groups -OCH3 is 1. The molecule has 0 bridgehead atoms. The Hall–Kier alpha value is -1.76. The van der Waals surface area contributed by atoms with Crippen molar-refractivity contribution in [3.63, 3.8) is 0 Å². The lowest BCUT2D eigenvalue weighted by atomic mass is 10.0. The summed E-state index contributed by atoms with van der Waals surface area (Å²) in [6.45, 7) is 6.06. The molecule has 0 atom stereocenters. The quantitative estimate of drug-likeness (QED) is 0.724. The van der Waals surface area contributed by atoms with E-state index in [0.29, 0.717) is 0 Å². The zero-order chi connectivity index (χ0) is 12.7. The van der Waals surface area contributed by atoms with E-state index in [9.17, 15) is 0 Å². The highest BCUT2D eigenvalue weighted by Crippen LogP contribution is 2.25. The summed E-state index contributed by atoms with van der Waals surface area (Å²) in [4.78, 5) is 0. The molecule has 0 saturated heterocycles. The van der Waals surface area contributed by atoms with Gasteiger partial charge in [-0.1, -0.05) is 50.2 Å². The van der Waals surface area contributed by atoms with Gasteiger partial charge in [-0.05, 0) is 35.7 Å². The van der Waals surface area contributed by atoms with Crippen molar-refractivity contribution in [3.8, 4) is 16.9 Å². The number of hydrogen-bond acceptors (Lipinski definition) is 1. The summed E-state index contributed by atoms with van der Waals surface area (Å²) in [5.74, 6) is 0.940. The van der Waals surface area contributed by atoms with Crippen LogP contribution in [0.3, 0.4) is 0 Å². The van der Waals surface area contributed by atoms with Crippen LogP contribution in [0.15, 0.2) is 48.5 Å². The first-order valence-electron chi connectivity index (χ1n) is 6.01. The minimum Gasteiger partial charge on any atom is -0.496 e. The standard InChI is InChI=1S/C14H14O.C2H6/c1-11-10-13(8-9-14(11)15-2)12-6-4-3-5-7-12;1-2/h3-10H,1-2H3;1-2H3. The van der Waals surface area contributed by atoms with Crippen molar-refractivity contribution in [2.75, 3.05) is 7.11 Å². The Bertz CT molecular complexity index is 446. The summed E-state index contributed by atoms with van der Waals surface area (Å²) in [5.41, 5.74) is 3.64. The van der Waals surface area contributed by atoms with Crippen molar-refractivity contribution in [1.82, 2.24) is 0 Å². The van der Waals surface area contributed by atoms with Crippen LogP contribution in [0.1, 0.15) is 19.4 Å². The maximum absolute atomic E-state index is 5.24. The molecule has 2 aromatic rings. The van der Waals surface area contributed by atoms with Crippen LogP contribution in [0.5, 0.6) is 5.75 Å².